The Balaban J connectivity index is 1.83. The Morgan fingerprint density at radius 1 is 1.36 bits per heavy atom. The lowest BCUT2D eigenvalue weighted by atomic mass is 9.87. The van der Waals surface area contributed by atoms with E-state index in [1.807, 2.05) is 45.0 Å². The Kier molecular flexibility index (Phi) is 5.26. The number of nitrogens with zero attached hydrogens (tertiary/aromatic N) is 4. The molecule has 0 aliphatic carbocycles. The van der Waals surface area contributed by atoms with E-state index < -0.39 is 10.5 Å². The molecule has 2 heterocycles. The first-order chi connectivity index (χ1) is 13.2. The van der Waals surface area contributed by atoms with Gasteiger partial charge >= 0.3 is 11.8 Å². The van der Waals surface area contributed by atoms with Crippen LogP contribution in [0.15, 0.2) is 36.7 Å². The molecule has 1 atom stereocenters. The Bertz CT molecular complexity index is 867. The number of aromatic nitrogens is 2. The second-order valence-electron chi connectivity index (χ2n) is 7.80. The molecule has 1 aromatic carbocycles. The number of amides is 1. The molecule has 1 aliphatic heterocycles. The molecular weight excluding hydrogens is 364 g/mol. The lowest BCUT2D eigenvalue weighted by Crippen LogP contribution is -2.54. The zero-order valence-corrected chi connectivity index (χ0v) is 16.4. The van der Waals surface area contributed by atoms with Gasteiger partial charge in [0.25, 0.3) is 0 Å². The zero-order chi connectivity index (χ0) is 20.5. The number of nitro groups is 1. The number of benzene rings is 1. The summed E-state index contributed by atoms with van der Waals surface area (Å²) >= 11 is 0. The molecule has 0 bridgehead atoms. The van der Waals surface area contributed by atoms with Crippen molar-refractivity contribution < 1.29 is 19.2 Å². The average molecular weight is 388 g/mol. The molecule has 1 aliphatic rings. The molecule has 0 N–H and O–H groups in total. The highest BCUT2D eigenvalue weighted by atomic mass is 16.6. The lowest BCUT2D eigenvalue weighted by molar-refractivity contribution is -0.385. The van der Waals surface area contributed by atoms with Gasteiger partial charge in [-0.15, -0.1) is 0 Å². The molecule has 1 saturated heterocycles. The number of rotatable bonds is 5. The molecule has 9 heteroatoms. The van der Waals surface area contributed by atoms with Crippen molar-refractivity contribution in [2.75, 3.05) is 20.2 Å². The van der Waals surface area contributed by atoms with Crippen LogP contribution in [-0.4, -0.2) is 51.5 Å². The number of carbonyl (C=O) groups is 1. The normalized spacial score (nSPS) is 15.6. The van der Waals surface area contributed by atoms with E-state index in [9.17, 15) is 14.9 Å². The van der Waals surface area contributed by atoms with Crippen LogP contribution in [0.25, 0.3) is 0 Å². The minimum Gasteiger partial charge on any atom is -0.497 e. The van der Waals surface area contributed by atoms with Crippen LogP contribution < -0.4 is 4.74 Å². The van der Waals surface area contributed by atoms with Gasteiger partial charge in [0.05, 0.1) is 18.1 Å². The third kappa shape index (κ3) is 4.24. The van der Waals surface area contributed by atoms with E-state index in [1.165, 1.54) is 12.4 Å². The number of methoxy groups -OCH3 is 1. The fourth-order valence-corrected chi connectivity index (χ4v) is 3.23. The van der Waals surface area contributed by atoms with Gasteiger partial charge in [0, 0.05) is 19.0 Å². The lowest BCUT2D eigenvalue weighted by Gasteiger charge is -2.43. The second kappa shape index (κ2) is 7.49. The first kappa shape index (κ1) is 19.7. The van der Waals surface area contributed by atoms with Gasteiger partial charge in [-0.2, -0.15) is 5.10 Å². The molecule has 9 nitrogen and oxygen atoms in total. The van der Waals surface area contributed by atoms with E-state index in [4.69, 9.17) is 9.47 Å². The van der Waals surface area contributed by atoms with Crippen LogP contribution in [0.3, 0.4) is 0 Å². The van der Waals surface area contributed by atoms with E-state index in [1.54, 1.807) is 16.7 Å². The predicted molar refractivity (Wildman–Crippen MR) is 101 cm³/mol. The number of ether oxygens (including phenoxy) is 2. The molecule has 1 unspecified atom stereocenters. The van der Waals surface area contributed by atoms with E-state index in [2.05, 4.69) is 5.10 Å². The molecular formula is C19H24N4O5. The summed E-state index contributed by atoms with van der Waals surface area (Å²) in [5, 5.41) is 15.3. The summed E-state index contributed by atoms with van der Waals surface area (Å²) in [7, 11) is 1.58. The van der Waals surface area contributed by atoms with Crippen molar-refractivity contribution >= 4 is 11.8 Å². The monoisotopic (exact) mass is 388 g/mol. The molecule has 28 heavy (non-hydrogen) atoms. The minimum absolute atomic E-state index is 0.0409. The fraction of sp³-hybridized carbons (Fsp3) is 0.474. The Morgan fingerprint density at radius 2 is 2.07 bits per heavy atom. The smallest absolute Gasteiger partial charge is 0.410 e. The van der Waals surface area contributed by atoms with Crippen LogP contribution >= 0.6 is 0 Å². The number of carbonyl (C=O) groups excluding carboxylic acids is 1. The summed E-state index contributed by atoms with van der Waals surface area (Å²) in [5.74, 6) is 0.728. The van der Waals surface area contributed by atoms with Crippen LogP contribution in [0.1, 0.15) is 32.4 Å². The fourth-order valence-electron chi connectivity index (χ4n) is 3.23. The van der Waals surface area contributed by atoms with Gasteiger partial charge in [0.15, 0.2) is 0 Å². The van der Waals surface area contributed by atoms with Crippen LogP contribution in [0.5, 0.6) is 5.75 Å². The van der Waals surface area contributed by atoms with Crippen LogP contribution in [-0.2, 0) is 4.74 Å². The van der Waals surface area contributed by atoms with E-state index >= 15 is 0 Å². The van der Waals surface area contributed by atoms with Gasteiger partial charge in [0.2, 0.25) is 0 Å². The van der Waals surface area contributed by atoms with E-state index in [-0.39, 0.29) is 23.7 Å². The summed E-state index contributed by atoms with van der Waals surface area (Å²) in [6.07, 6.45) is 2.29. The molecule has 0 spiro atoms. The standard InChI is InChI=1S/C19H24N4O5/c1-19(2,3)28-18(24)21-10-14(11-21)17(13-6-5-7-16(8-13)27-4)22-12-15(9-20-22)23(25)26/h5-9,12,14,17H,10-11H2,1-4H3. The summed E-state index contributed by atoms with van der Waals surface area (Å²) in [5.41, 5.74) is 0.277. The molecule has 2 aromatic rings. The van der Waals surface area contributed by atoms with E-state index in [0.717, 1.165) is 5.56 Å². The van der Waals surface area contributed by atoms with Crippen molar-refractivity contribution in [3.63, 3.8) is 0 Å². The van der Waals surface area contributed by atoms with Gasteiger partial charge in [0.1, 0.15) is 23.7 Å². The van der Waals surface area contributed by atoms with Crippen molar-refractivity contribution in [1.29, 1.82) is 0 Å². The van der Waals surface area contributed by atoms with Crippen molar-refractivity contribution in [1.82, 2.24) is 14.7 Å². The van der Waals surface area contributed by atoms with Crippen molar-refractivity contribution in [3.05, 3.63) is 52.3 Å². The van der Waals surface area contributed by atoms with Gasteiger partial charge in [-0.1, -0.05) is 12.1 Å². The maximum Gasteiger partial charge on any atom is 0.410 e. The Labute approximate surface area is 163 Å². The van der Waals surface area contributed by atoms with Gasteiger partial charge in [-0.3, -0.25) is 14.8 Å². The van der Waals surface area contributed by atoms with Crippen LogP contribution in [0.2, 0.25) is 0 Å². The van der Waals surface area contributed by atoms with Crippen LogP contribution in [0, 0.1) is 16.0 Å². The highest BCUT2D eigenvalue weighted by Crippen LogP contribution is 2.35. The summed E-state index contributed by atoms with van der Waals surface area (Å²) in [4.78, 5) is 24.5. The quantitative estimate of drug-likeness (QED) is 0.576. The summed E-state index contributed by atoms with van der Waals surface area (Å²) < 4.78 is 12.3. The second-order valence-corrected chi connectivity index (χ2v) is 7.80. The maximum atomic E-state index is 12.2. The highest BCUT2D eigenvalue weighted by Gasteiger charge is 2.40. The number of hydrogen-bond acceptors (Lipinski definition) is 6. The molecule has 0 saturated carbocycles. The van der Waals surface area contributed by atoms with Crippen molar-refractivity contribution in [3.8, 4) is 5.75 Å². The van der Waals surface area contributed by atoms with Gasteiger partial charge in [-0.05, 0) is 38.5 Å². The van der Waals surface area contributed by atoms with Crippen molar-refractivity contribution in [2.24, 2.45) is 5.92 Å². The average Bonchev–Trinajstić information content (AvgIpc) is 3.05. The number of hydrogen-bond donors (Lipinski definition) is 0. The molecule has 3 rings (SSSR count). The van der Waals surface area contributed by atoms with Crippen LogP contribution in [0.4, 0.5) is 10.5 Å². The summed E-state index contributed by atoms with van der Waals surface area (Å²) in [6.45, 7) is 6.42. The molecule has 1 amide bonds. The van der Waals surface area contributed by atoms with Crippen molar-refractivity contribution in [2.45, 2.75) is 32.4 Å². The molecule has 1 aromatic heterocycles. The first-order valence-electron chi connectivity index (χ1n) is 8.98. The topological polar surface area (TPSA) is 99.7 Å². The highest BCUT2D eigenvalue weighted by molar-refractivity contribution is 5.69. The first-order valence-corrected chi connectivity index (χ1v) is 8.98. The molecule has 0 radical (unpaired) electrons. The molecule has 1 fully saturated rings. The number of likely N-dealkylation sites (tertiary alicyclic amines) is 1. The maximum absolute atomic E-state index is 12.2. The summed E-state index contributed by atoms with van der Waals surface area (Å²) in [6, 6.07) is 7.25. The predicted octanol–water partition coefficient (Wildman–Crippen LogP) is 3.26. The minimum atomic E-state index is -0.559. The largest absolute Gasteiger partial charge is 0.497 e. The zero-order valence-electron chi connectivity index (χ0n) is 16.4. The molecule has 150 valence electrons. The Hall–Kier alpha value is -3.10. The SMILES string of the molecule is COc1cccc(C(C2CN(C(=O)OC(C)(C)C)C2)n2cc([N+](=O)[O-])cn2)c1. The Morgan fingerprint density at radius 3 is 2.64 bits per heavy atom. The van der Waals surface area contributed by atoms with E-state index in [0.29, 0.717) is 18.8 Å². The van der Waals surface area contributed by atoms with Gasteiger partial charge in [-0.25, -0.2) is 4.79 Å². The van der Waals surface area contributed by atoms with Gasteiger partial charge < -0.3 is 14.4 Å². The third-order valence-corrected chi connectivity index (χ3v) is 4.53. The third-order valence-electron chi connectivity index (χ3n) is 4.53.